The first-order valence-electron chi connectivity index (χ1n) is 3.47. The van der Waals surface area contributed by atoms with Crippen molar-refractivity contribution < 1.29 is 5.11 Å². The van der Waals surface area contributed by atoms with Gasteiger partial charge in [0.25, 0.3) is 0 Å². The smallest absolute Gasteiger partial charge is 0.145 e. The third-order valence-corrected chi connectivity index (χ3v) is 1.63. The summed E-state index contributed by atoms with van der Waals surface area (Å²) in [7, 11) is 0. The average molecular weight is 130 g/mol. The Labute approximate surface area is 55.7 Å². The fourth-order valence-electron chi connectivity index (χ4n) is 1.08. The molecule has 1 rings (SSSR count). The van der Waals surface area contributed by atoms with Crippen LogP contribution in [-0.2, 0) is 0 Å². The van der Waals surface area contributed by atoms with Gasteiger partial charge in [0, 0.05) is 13.1 Å². The summed E-state index contributed by atoms with van der Waals surface area (Å²) >= 11 is 0. The molecule has 1 fully saturated rings. The highest BCUT2D eigenvalue weighted by molar-refractivity contribution is 4.71. The SMILES string of the molecule is OCC[N+]1CCNCC1. The number of piperazine rings is 1. The van der Waals surface area contributed by atoms with Crippen LogP contribution in [0.3, 0.4) is 0 Å². The van der Waals surface area contributed by atoms with Crippen LogP contribution >= 0.6 is 0 Å². The first-order chi connectivity index (χ1) is 4.43. The number of hydrogen-bond donors (Lipinski definition) is 2. The molecule has 0 bridgehead atoms. The monoisotopic (exact) mass is 130 g/mol. The van der Waals surface area contributed by atoms with Crippen molar-refractivity contribution in [1.82, 2.24) is 10.2 Å². The first-order valence-corrected chi connectivity index (χ1v) is 3.47. The minimum atomic E-state index is 0.292. The van der Waals surface area contributed by atoms with E-state index in [0.717, 1.165) is 32.7 Å². The molecule has 0 aliphatic carbocycles. The summed E-state index contributed by atoms with van der Waals surface area (Å²) in [5, 5.41) is 11.8. The van der Waals surface area contributed by atoms with Crippen molar-refractivity contribution in [3.05, 3.63) is 0 Å². The van der Waals surface area contributed by atoms with Gasteiger partial charge >= 0.3 is 0 Å². The van der Waals surface area contributed by atoms with Crippen LogP contribution in [0.2, 0.25) is 0 Å². The largest absolute Gasteiger partial charge is 0.390 e. The number of nitrogens with one attached hydrogen (secondary N) is 1. The van der Waals surface area contributed by atoms with Gasteiger partial charge in [0.2, 0.25) is 0 Å². The third kappa shape index (κ3) is 2.30. The molecule has 1 aliphatic rings. The molecular weight excluding hydrogens is 116 g/mol. The number of aliphatic hydroxyl groups excluding tert-OH is 1. The van der Waals surface area contributed by atoms with Crippen LogP contribution < -0.4 is 10.2 Å². The molecular formula is C6H14N2O+. The molecule has 0 amide bonds. The fourth-order valence-corrected chi connectivity index (χ4v) is 1.08. The standard InChI is InChI=1S/C6H14N2O/c9-6-5-8-3-1-7-2-4-8/h7,9H,1-6H2/q+1. The predicted octanol–water partition coefficient (Wildman–Crippen LogP) is -1.28. The van der Waals surface area contributed by atoms with Gasteiger partial charge in [-0.1, -0.05) is 0 Å². The van der Waals surface area contributed by atoms with Gasteiger partial charge in [-0.25, -0.2) is 0 Å². The van der Waals surface area contributed by atoms with E-state index in [1.807, 2.05) is 0 Å². The highest BCUT2D eigenvalue weighted by atomic mass is 16.3. The molecule has 3 nitrogen and oxygen atoms in total. The maximum atomic E-state index is 8.56. The Bertz CT molecular complexity index is 68.7. The highest BCUT2D eigenvalue weighted by Gasteiger charge is 2.16. The molecule has 0 saturated carbocycles. The van der Waals surface area contributed by atoms with E-state index in [9.17, 15) is 0 Å². The Balaban J connectivity index is 2.08. The Hall–Kier alpha value is -0.120. The second kappa shape index (κ2) is 3.82. The summed E-state index contributed by atoms with van der Waals surface area (Å²) in [6, 6.07) is 0. The van der Waals surface area contributed by atoms with Crippen molar-refractivity contribution in [1.29, 1.82) is 0 Å². The van der Waals surface area contributed by atoms with Gasteiger partial charge in [-0.3, -0.25) is 0 Å². The molecule has 1 saturated heterocycles. The number of nitrogens with zero attached hydrogens (tertiary/aromatic N) is 1. The molecule has 3 heteroatoms. The topological polar surface area (TPSA) is 38.2 Å². The molecule has 0 aromatic carbocycles. The van der Waals surface area contributed by atoms with Crippen LogP contribution in [-0.4, -0.2) is 44.4 Å². The van der Waals surface area contributed by atoms with Gasteiger partial charge in [0.05, 0.1) is 6.61 Å². The second-order valence-corrected chi connectivity index (χ2v) is 2.32. The first kappa shape index (κ1) is 6.99. The summed E-state index contributed by atoms with van der Waals surface area (Å²) in [4.78, 5) is 2.26. The summed E-state index contributed by atoms with van der Waals surface area (Å²) in [6.07, 6.45) is 0. The summed E-state index contributed by atoms with van der Waals surface area (Å²) in [5.41, 5.74) is 0. The van der Waals surface area contributed by atoms with Gasteiger partial charge < -0.3 is 10.4 Å². The number of β-amino-alcohol motifs (C(OH)–C–C–N with tert-alkyl or cyclic N) is 1. The van der Waals surface area contributed by atoms with Crippen molar-refractivity contribution in [3.8, 4) is 0 Å². The molecule has 1 radical (unpaired) electrons. The van der Waals surface area contributed by atoms with Crippen molar-refractivity contribution in [2.75, 3.05) is 39.3 Å². The van der Waals surface area contributed by atoms with Crippen LogP contribution in [0.1, 0.15) is 0 Å². The lowest BCUT2D eigenvalue weighted by Crippen LogP contribution is -2.48. The van der Waals surface area contributed by atoms with Crippen LogP contribution in [0.15, 0.2) is 0 Å². The van der Waals surface area contributed by atoms with Gasteiger partial charge in [-0.15, -0.1) is 0 Å². The Morgan fingerprint density at radius 1 is 1.33 bits per heavy atom. The molecule has 1 aliphatic heterocycles. The van der Waals surface area contributed by atoms with Crippen LogP contribution in [0, 0.1) is 0 Å². The van der Waals surface area contributed by atoms with Crippen LogP contribution in [0.4, 0.5) is 0 Å². The van der Waals surface area contributed by atoms with Crippen molar-refractivity contribution in [3.63, 3.8) is 0 Å². The zero-order valence-corrected chi connectivity index (χ0v) is 5.64. The van der Waals surface area contributed by atoms with Crippen molar-refractivity contribution in [2.45, 2.75) is 0 Å². The lowest BCUT2D eigenvalue weighted by atomic mass is 10.4. The molecule has 0 spiro atoms. The van der Waals surface area contributed by atoms with E-state index in [1.54, 1.807) is 0 Å². The normalized spacial score (nSPS) is 22.3. The molecule has 2 N–H and O–H groups in total. The molecule has 0 aromatic rings. The van der Waals surface area contributed by atoms with E-state index < -0.39 is 0 Å². The minimum Gasteiger partial charge on any atom is -0.390 e. The predicted molar refractivity (Wildman–Crippen MR) is 36.7 cm³/mol. The molecule has 9 heavy (non-hydrogen) atoms. The lowest BCUT2D eigenvalue weighted by molar-refractivity contribution is 0.243. The molecule has 1 heterocycles. The average Bonchev–Trinajstić information content (AvgIpc) is 1.91. The second-order valence-electron chi connectivity index (χ2n) is 2.32. The Kier molecular flexibility index (Phi) is 2.97. The highest BCUT2D eigenvalue weighted by Crippen LogP contribution is 1.84. The zero-order chi connectivity index (χ0) is 6.53. The Morgan fingerprint density at radius 3 is 2.56 bits per heavy atom. The van der Waals surface area contributed by atoms with E-state index in [1.165, 1.54) is 0 Å². The van der Waals surface area contributed by atoms with E-state index in [0.29, 0.717) is 6.61 Å². The maximum Gasteiger partial charge on any atom is 0.145 e. The van der Waals surface area contributed by atoms with Gasteiger partial charge in [-0.2, -0.15) is 4.90 Å². The van der Waals surface area contributed by atoms with Gasteiger partial charge in [0.1, 0.15) is 19.6 Å². The number of hydrogen-bond acceptors (Lipinski definition) is 3. The van der Waals surface area contributed by atoms with Crippen molar-refractivity contribution >= 4 is 0 Å². The summed E-state index contributed by atoms with van der Waals surface area (Å²) in [5.74, 6) is 0. The van der Waals surface area contributed by atoms with Crippen LogP contribution in [0.5, 0.6) is 0 Å². The summed E-state index contributed by atoms with van der Waals surface area (Å²) in [6.45, 7) is 5.43. The van der Waals surface area contributed by atoms with E-state index >= 15 is 0 Å². The molecule has 0 aromatic heterocycles. The van der Waals surface area contributed by atoms with E-state index in [-0.39, 0.29) is 0 Å². The Morgan fingerprint density at radius 2 is 2.00 bits per heavy atom. The molecule has 0 atom stereocenters. The van der Waals surface area contributed by atoms with Crippen LogP contribution in [0.25, 0.3) is 0 Å². The zero-order valence-electron chi connectivity index (χ0n) is 5.64. The third-order valence-electron chi connectivity index (χ3n) is 1.63. The number of rotatable bonds is 2. The lowest BCUT2D eigenvalue weighted by Gasteiger charge is -2.16. The van der Waals surface area contributed by atoms with Gasteiger partial charge in [-0.05, 0) is 0 Å². The molecule has 53 valence electrons. The van der Waals surface area contributed by atoms with E-state index in [4.69, 9.17) is 5.11 Å². The van der Waals surface area contributed by atoms with E-state index in [2.05, 4.69) is 10.2 Å². The fraction of sp³-hybridized carbons (Fsp3) is 1.00. The van der Waals surface area contributed by atoms with Crippen molar-refractivity contribution in [2.24, 2.45) is 0 Å². The molecule has 0 unspecified atom stereocenters. The van der Waals surface area contributed by atoms with Gasteiger partial charge in [0.15, 0.2) is 0 Å². The summed E-state index contributed by atoms with van der Waals surface area (Å²) < 4.78 is 0. The number of aliphatic hydroxyl groups is 1. The maximum absolute atomic E-state index is 8.56. The quantitative estimate of drug-likeness (QED) is 0.457. The minimum absolute atomic E-state index is 0.292.